The summed E-state index contributed by atoms with van der Waals surface area (Å²) in [5, 5.41) is -0.0137. The fraction of sp³-hybridized carbons (Fsp3) is 0.125. The van der Waals surface area contributed by atoms with E-state index in [1.165, 1.54) is 30.3 Å². The molecule has 0 unspecified atom stereocenters. The molecule has 0 aromatic heterocycles. The maximum Gasteiger partial charge on any atom is 0.374 e. The quantitative estimate of drug-likeness (QED) is 0.502. The van der Waals surface area contributed by atoms with Crippen LogP contribution in [0.2, 0.25) is 10.0 Å². The molecule has 0 saturated heterocycles. The maximum absolute atomic E-state index is 12.8. The highest BCUT2D eigenvalue weighted by Crippen LogP contribution is 2.17. The number of ether oxygens (including phenoxy) is 1. The van der Waals surface area contributed by atoms with Crippen molar-refractivity contribution in [1.29, 1.82) is 0 Å². The van der Waals surface area contributed by atoms with Crippen molar-refractivity contribution < 1.29 is 23.1 Å². The van der Waals surface area contributed by atoms with Gasteiger partial charge >= 0.3 is 5.97 Å². The molecule has 8 heteroatoms. The number of Topliss-reactive ketones (excluding diaryl/α,β-unsaturated/α-hetero) is 1. The molecule has 0 saturated carbocycles. The third-order valence-corrected chi connectivity index (χ3v) is 3.28. The molecule has 128 valence electrons. The number of hydrogen-bond acceptors (Lipinski definition) is 4. The van der Waals surface area contributed by atoms with E-state index in [1.807, 2.05) is 0 Å². The molecule has 2 N–H and O–H groups in total. The van der Waals surface area contributed by atoms with Gasteiger partial charge in [0.05, 0.1) is 17.2 Å². The van der Waals surface area contributed by atoms with Crippen LogP contribution in [0, 0.1) is 11.6 Å². The summed E-state index contributed by atoms with van der Waals surface area (Å²) in [5.41, 5.74) is 6.22. The molecule has 0 radical (unpaired) electrons. The van der Waals surface area contributed by atoms with E-state index >= 15 is 0 Å². The lowest BCUT2D eigenvalue weighted by Crippen LogP contribution is -2.17. The maximum atomic E-state index is 12.8. The summed E-state index contributed by atoms with van der Waals surface area (Å²) in [6.07, 6.45) is -0.146. The van der Waals surface area contributed by atoms with Crippen LogP contribution in [0.25, 0.3) is 0 Å². The minimum atomic E-state index is -0.921. The Balaban J connectivity index is 0.000000272. The van der Waals surface area contributed by atoms with Crippen LogP contribution in [-0.2, 0) is 20.7 Å². The lowest BCUT2D eigenvalue weighted by molar-refractivity contribution is -0.151. The average molecular weight is 376 g/mol. The number of carbonyl (C=O) groups is 2. The van der Waals surface area contributed by atoms with Gasteiger partial charge in [-0.1, -0.05) is 29.3 Å². The first-order chi connectivity index (χ1) is 11.2. The SMILES string of the molecule is COC(=O)C(=O)Cc1ccc(F)c(Cl)c1.Nc1ccc(F)c(Cl)c1. The lowest BCUT2D eigenvalue weighted by Gasteiger charge is -2.01. The first kappa shape index (κ1) is 19.9. The minimum Gasteiger partial charge on any atom is -0.463 e. The van der Waals surface area contributed by atoms with Gasteiger partial charge in [-0.2, -0.15) is 0 Å². The normalized spacial score (nSPS) is 9.71. The Labute approximate surface area is 147 Å². The van der Waals surface area contributed by atoms with Crippen LogP contribution in [0.4, 0.5) is 14.5 Å². The van der Waals surface area contributed by atoms with Gasteiger partial charge in [0.25, 0.3) is 0 Å². The van der Waals surface area contributed by atoms with Crippen molar-refractivity contribution in [1.82, 2.24) is 0 Å². The van der Waals surface area contributed by atoms with E-state index in [1.54, 1.807) is 0 Å². The standard InChI is InChI=1S/C10H8ClFO3.C6H5ClFN/c1-15-10(14)9(13)5-6-2-3-8(12)7(11)4-6;7-5-3-4(9)1-2-6(5)8/h2-4H,5H2,1H3;1-3H,9H2. The number of anilines is 1. The van der Waals surface area contributed by atoms with Gasteiger partial charge in [-0.25, -0.2) is 13.6 Å². The monoisotopic (exact) mass is 375 g/mol. The first-order valence-corrected chi connectivity index (χ1v) is 7.25. The number of methoxy groups -OCH3 is 1. The summed E-state index contributed by atoms with van der Waals surface area (Å²) >= 11 is 10.9. The fourth-order valence-corrected chi connectivity index (χ4v) is 1.93. The van der Waals surface area contributed by atoms with E-state index in [0.29, 0.717) is 11.3 Å². The third-order valence-electron chi connectivity index (χ3n) is 2.71. The highest BCUT2D eigenvalue weighted by molar-refractivity contribution is 6.34. The molecule has 2 aromatic carbocycles. The first-order valence-electron chi connectivity index (χ1n) is 6.50. The number of hydrogen-bond donors (Lipinski definition) is 1. The van der Waals surface area contributed by atoms with Gasteiger partial charge in [0.15, 0.2) is 0 Å². The van der Waals surface area contributed by atoms with Crippen LogP contribution in [-0.4, -0.2) is 18.9 Å². The summed E-state index contributed by atoms with van der Waals surface area (Å²) in [7, 11) is 1.12. The van der Waals surface area contributed by atoms with Crippen LogP contribution in [0.15, 0.2) is 36.4 Å². The molecule has 0 aliphatic carbocycles. The molecular weight excluding hydrogens is 363 g/mol. The third kappa shape index (κ3) is 6.14. The van der Waals surface area contributed by atoms with E-state index in [0.717, 1.165) is 13.2 Å². The van der Waals surface area contributed by atoms with Crippen molar-refractivity contribution in [2.45, 2.75) is 6.42 Å². The van der Waals surface area contributed by atoms with Crippen molar-refractivity contribution in [3.63, 3.8) is 0 Å². The number of nitrogens with two attached hydrogens (primary N) is 1. The van der Waals surface area contributed by atoms with E-state index in [-0.39, 0.29) is 16.5 Å². The average Bonchev–Trinajstić information content (AvgIpc) is 2.54. The predicted molar refractivity (Wildman–Crippen MR) is 88.0 cm³/mol. The fourth-order valence-electron chi connectivity index (χ4n) is 1.53. The summed E-state index contributed by atoms with van der Waals surface area (Å²) in [6, 6.07) is 7.90. The number of esters is 1. The van der Waals surface area contributed by atoms with Gasteiger partial charge in [0.2, 0.25) is 5.78 Å². The van der Waals surface area contributed by atoms with Crippen LogP contribution in [0.1, 0.15) is 5.56 Å². The Kier molecular flexibility index (Phi) is 7.61. The molecule has 0 fully saturated rings. The molecule has 4 nitrogen and oxygen atoms in total. The van der Waals surface area contributed by atoms with Crippen LogP contribution in [0.5, 0.6) is 0 Å². The van der Waals surface area contributed by atoms with Crippen molar-refractivity contribution in [3.05, 3.63) is 63.6 Å². The summed E-state index contributed by atoms with van der Waals surface area (Å²) in [4.78, 5) is 21.9. The van der Waals surface area contributed by atoms with Gasteiger partial charge in [-0.3, -0.25) is 4.79 Å². The molecule has 0 spiro atoms. The molecule has 2 rings (SSSR count). The number of benzene rings is 2. The van der Waals surface area contributed by atoms with Gasteiger partial charge in [0.1, 0.15) is 11.6 Å². The van der Waals surface area contributed by atoms with Gasteiger partial charge in [0, 0.05) is 12.1 Å². The topological polar surface area (TPSA) is 69.4 Å². The smallest absolute Gasteiger partial charge is 0.374 e. The number of nitrogen functional groups attached to an aromatic ring is 1. The summed E-state index contributed by atoms with van der Waals surface area (Å²) < 4.78 is 29.3. The molecule has 0 aliphatic heterocycles. The van der Waals surface area contributed by atoms with E-state index in [2.05, 4.69) is 4.74 Å². The molecule has 24 heavy (non-hydrogen) atoms. The second kappa shape index (κ2) is 9.20. The zero-order valence-electron chi connectivity index (χ0n) is 12.5. The number of ketones is 1. The van der Waals surface area contributed by atoms with E-state index in [9.17, 15) is 18.4 Å². The van der Waals surface area contributed by atoms with Gasteiger partial charge in [-0.05, 0) is 35.9 Å². The predicted octanol–water partition coefficient (Wildman–Crippen LogP) is 3.83. The van der Waals surface area contributed by atoms with E-state index < -0.39 is 23.4 Å². The molecule has 0 atom stereocenters. The van der Waals surface area contributed by atoms with Crippen LogP contribution >= 0.6 is 23.2 Å². The van der Waals surface area contributed by atoms with Crippen molar-refractivity contribution in [2.24, 2.45) is 0 Å². The Bertz CT molecular complexity index is 754. The van der Waals surface area contributed by atoms with Crippen molar-refractivity contribution in [3.8, 4) is 0 Å². The Morgan fingerprint density at radius 1 is 1.04 bits per heavy atom. The zero-order chi connectivity index (χ0) is 18.3. The number of rotatable bonds is 3. The van der Waals surface area contributed by atoms with Crippen molar-refractivity contribution >= 4 is 40.6 Å². The number of carbonyl (C=O) groups excluding carboxylic acids is 2. The van der Waals surface area contributed by atoms with Crippen LogP contribution < -0.4 is 5.73 Å². The Hall–Kier alpha value is -2.18. The van der Waals surface area contributed by atoms with Gasteiger partial charge < -0.3 is 10.5 Å². The molecule has 2 aromatic rings. The Morgan fingerprint density at radius 2 is 1.58 bits per heavy atom. The van der Waals surface area contributed by atoms with Crippen LogP contribution in [0.3, 0.4) is 0 Å². The second-order valence-corrected chi connectivity index (χ2v) is 5.33. The zero-order valence-corrected chi connectivity index (χ0v) is 14.0. The second-order valence-electron chi connectivity index (χ2n) is 4.51. The lowest BCUT2D eigenvalue weighted by atomic mass is 10.1. The van der Waals surface area contributed by atoms with E-state index in [4.69, 9.17) is 28.9 Å². The summed E-state index contributed by atoms with van der Waals surface area (Å²) in [6.45, 7) is 0. The molecule has 0 heterocycles. The largest absolute Gasteiger partial charge is 0.463 e. The number of halogens is 4. The minimum absolute atomic E-state index is 0.0648. The molecule has 0 aliphatic rings. The summed E-state index contributed by atoms with van der Waals surface area (Å²) in [5.74, 6) is -2.62. The molecule has 0 amide bonds. The van der Waals surface area contributed by atoms with Gasteiger partial charge in [-0.15, -0.1) is 0 Å². The molecule has 0 bridgehead atoms. The Morgan fingerprint density at radius 3 is 2.04 bits per heavy atom. The molecular formula is C16H13Cl2F2NO3. The highest BCUT2D eigenvalue weighted by atomic mass is 35.5. The van der Waals surface area contributed by atoms with Crippen molar-refractivity contribution in [2.75, 3.05) is 12.8 Å². The highest BCUT2D eigenvalue weighted by Gasteiger charge is 2.14.